The third-order valence-corrected chi connectivity index (χ3v) is 14.5. The molecule has 0 amide bonds. The number of allylic oxidation sites excluding steroid dienone is 20. The Balaban J connectivity index is 4.46. The van der Waals surface area contributed by atoms with Crippen LogP contribution in [0.3, 0.4) is 0 Å². The van der Waals surface area contributed by atoms with Crippen LogP contribution in [-0.4, -0.2) is 37.2 Å². The number of carbonyl (C=O) groups is 3. The molecule has 0 saturated carbocycles. The summed E-state index contributed by atoms with van der Waals surface area (Å²) < 4.78 is 16.9. The van der Waals surface area contributed by atoms with E-state index in [9.17, 15) is 14.4 Å². The van der Waals surface area contributed by atoms with Gasteiger partial charge >= 0.3 is 17.9 Å². The molecule has 6 nitrogen and oxygen atoms in total. The molecule has 0 aliphatic heterocycles. The average Bonchev–Trinajstić information content (AvgIpc) is 3.47. The van der Waals surface area contributed by atoms with Gasteiger partial charge in [0.15, 0.2) is 6.10 Å². The van der Waals surface area contributed by atoms with Crippen LogP contribution in [0.25, 0.3) is 0 Å². The van der Waals surface area contributed by atoms with Gasteiger partial charge in [-0.2, -0.15) is 0 Å². The Morgan fingerprint density at radius 2 is 0.481 bits per heavy atom. The Morgan fingerprint density at radius 1 is 0.259 bits per heavy atom. The number of esters is 3. The zero-order chi connectivity index (χ0) is 58.5. The van der Waals surface area contributed by atoms with Crippen molar-refractivity contribution in [1.29, 1.82) is 0 Å². The fourth-order valence-electron chi connectivity index (χ4n) is 9.44. The number of ether oxygens (including phenoxy) is 3. The van der Waals surface area contributed by atoms with Crippen molar-refractivity contribution in [3.8, 4) is 0 Å². The number of unbranched alkanes of at least 4 members (excludes halogenated alkanes) is 30. The molecule has 1 unspecified atom stereocenters. The van der Waals surface area contributed by atoms with Crippen molar-refractivity contribution in [2.45, 2.75) is 322 Å². The highest BCUT2D eigenvalue weighted by Crippen LogP contribution is 2.17. The summed E-state index contributed by atoms with van der Waals surface area (Å²) in [5.41, 5.74) is 0. The van der Waals surface area contributed by atoms with Crippen molar-refractivity contribution >= 4 is 17.9 Å². The lowest BCUT2D eigenvalue weighted by Crippen LogP contribution is -2.30. The molecule has 81 heavy (non-hydrogen) atoms. The second-order valence-corrected chi connectivity index (χ2v) is 22.3. The topological polar surface area (TPSA) is 78.9 Å². The number of carbonyl (C=O) groups excluding carboxylic acids is 3. The maximum atomic E-state index is 13.0. The summed E-state index contributed by atoms with van der Waals surface area (Å²) in [5, 5.41) is 0. The highest BCUT2D eigenvalue weighted by Gasteiger charge is 2.19. The van der Waals surface area contributed by atoms with E-state index < -0.39 is 6.10 Å². The normalized spacial score (nSPS) is 12.9. The zero-order valence-corrected chi connectivity index (χ0v) is 53.0. The molecule has 462 valence electrons. The van der Waals surface area contributed by atoms with Crippen molar-refractivity contribution in [3.63, 3.8) is 0 Å². The second-order valence-electron chi connectivity index (χ2n) is 22.3. The average molecular weight is 1120 g/mol. The van der Waals surface area contributed by atoms with Crippen LogP contribution in [0.15, 0.2) is 122 Å². The summed E-state index contributed by atoms with van der Waals surface area (Å²) in [7, 11) is 0. The first-order valence-electron chi connectivity index (χ1n) is 34.0. The SMILES string of the molecule is CC/C=C\C/C=C\C/C=C\C/C=C\C/C=C\C/C=C\CCCCC(=O)OCC(COC(=O)CCCCCCCCCCCCCCCCCCCCCCC)OC(=O)CCCCCCCCCC/C=C\C/C=C\C/C=C\C/C=C\CC. The Labute approximate surface area is 501 Å². The van der Waals surface area contributed by atoms with Crippen molar-refractivity contribution in [1.82, 2.24) is 0 Å². The van der Waals surface area contributed by atoms with Crippen LogP contribution >= 0.6 is 0 Å². The van der Waals surface area contributed by atoms with E-state index in [2.05, 4.69) is 142 Å². The van der Waals surface area contributed by atoms with Gasteiger partial charge in [-0.25, -0.2) is 0 Å². The van der Waals surface area contributed by atoms with Crippen LogP contribution < -0.4 is 0 Å². The molecular weight excluding hydrogens is 997 g/mol. The van der Waals surface area contributed by atoms with Crippen LogP contribution in [0.4, 0.5) is 0 Å². The van der Waals surface area contributed by atoms with Gasteiger partial charge in [-0.3, -0.25) is 14.4 Å². The highest BCUT2D eigenvalue weighted by atomic mass is 16.6. The molecule has 0 aliphatic rings. The Hall–Kier alpha value is -4.19. The predicted octanol–water partition coefficient (Wildman–Crippen LogP) is 23.6. The standard InChI is InChI=1S/C75H126O6/c1-4-7-10-13-16-19-22-25-28-31-34-37-40-43-46-49-52-55-58-61-64-67-73(76)79-70-72(81-75(78)69-66-63-60-57-54-51-48-45-42-39-36-33-30-27-24-21-18-15-12-9-6-3)71-80-74(77)68-65-62-59-56-53-50-47-44-41-38-35-32-29-26-23-20-17-14-11-8-5-2/h7,9-10,12,16,18-19,21,25,27-28,30,34,36-37,39,43,46,52,55,72H,4-6,8,11,13-15,17,20,22-24,26,29,31-33,35,38,40-42,44-45,47-51,53-54,56-71H2,1-3H3/b10-7-,12-9-,19-16-,21-18-,28-25-,30-27-,37-34-,39-36-,46-43-,55-52-. The quantitative estimate of drug-likeness (QED) is 0.0261. The molecule has 0 spiro atoms. The van der Waals surface area contributed by atoms with Crippen LogP contribution in [0.2, 0.25) is 0 Å². The minimum atomic E-state index is -0.805. The van der Waals surface area contributed by atoms with E-state index in [0.717, 1.165) is 128 Å². The van der Waals surface area contributed by atoms with Crippen molar-refractivity contribution in [2.75, 3.05) is 13.2 Å². The molecule has 0 saturated heterocycles. The van der Waals surface area contributed by atoms with Gasteiger partial charge in [0.1, 0.15) is 13.2 Å². The predicted molar refractivity (Wildman–Crippen MR) is 353 cm³/mol. The van der Waals surface area contributed by atoms with E-state index in [0.29, 0.717) is 19.3 Å². The van der Waals surface area contributed by atoms with Gasteiger partial charge in [0, 0.05) is 19.3 Å². The first-order chi connectivity index (χ1) is 40.0. The zero-order valence-electron chi connectivity index (χ0n) is 53.0. The maximum Gasteiger partial charge on any atom is 0.306 e. The molecule has 0 aromatic heterocycles. The van der Waals surface area contributed by atoms with E-state index in [1.54, 1.807) is 0 Å². The molecular formula is C75H126O6. The van der Waals surface area contributed by atoms with Crippen molar-refractivity contribution < 1.29 is 28.6 Å². The molecule has 1 atom stereocenters. The summed E-state index contributed by atoms with van der Waals surface area (Å²) in [6.07, 6.45) is 95.0. The summed E-state index contributed by atoms with van der Waals surface area (Å²) >= 11 is 0. The maximum absolute atomic E-state index is 13.0. The van der Waals surface area contributed by atoms with Crippen LogP contribution in [0.1, 0.15) is 316 Å². The lowest BCUT2D eigenvalue weighted by molar-refractivity contribution is -0.167. The fraction of sp³-hybridized carbons (Fsp3) is 0.693. The number of hydrogen-bond acceptors (Lipinski definition) is 6. The van der Waals surface area contributed by atoms with Crippen LogP contribution in [0, 0.1) is 0 Å². The lowest BCUT2D eigenvalue weighted by atomic mass is 10.0. The van der Waals surface area contributed by atoms with Gasteiger partial charge in [0.2, 0.25) is 0 Å². The van der Waals surface area contributed by atoms with Crippen LogP contribution in [-0.2, 0) is 28.6 Å². The fourth-order valence-corrected chi connectivity index (χ4v) is 9.44. The Bertz CT molecular complexity index is 1670. The van der Waals surface area contributed by atoms with E-state index in [1.807, 2.05) is 0 Å². The van der Waals surface area contributed by atoms with Gasteiger partial charge in [-0.05, 0) is 109 Å². The molecule has 0 radical (unpaired) electrons. The first kappa shape index (κ1) is 76.8. The van der Waals surface area contributed by atoms with E-state index >= 15 is 0 Å². The van der Waals surface area contributed by atoms with Gasteiger partial charge < -0.3 is 14.2 Å². The minimum Gasteiger partial charge on any atom is -0.462 e. The molecule has 0 fully saturated rings. The molecule has 0 N–H and O–H groups in total. The first-order valence-corrected chi connectivity index (χ1v) is 34.0. The minimum absolute atomic E-state index is 0.0952. The van der Waals surface area contributed by atoms with Crippen molar-refractivity contribution in [3.05, 3.63) is 122 Å². The summed E-state index contributed by atoms with van der Waals surface area (Å²) in [4.78, 5) is 38.4. The van der Waals surface area contributed by atoms with Crippen LogP contribution in [0.5, 0.6) is 0 Å². The Morgan fingerprint density at radius 3 is 0.778 bits per heavy atom. The van der Waals surface area contributed by atoms with Gasteiger partial charge in [-0.15, -0.1) is 0 Å². The summed E-state index contributed by atoms with van der Waals surface area (Å²) in [6, 6.07) is 0. The van der Waals surface area contributed by atoms with Crippen molar-refractivity contribution in [2.24, 2.45) is 0 Å². The molecule has 0 aliphatic carbocycles. The number of rotatable bonds is 61. The Kier molecular flexibility index (Phi) is 64.8. The summed E-state index contributed by atoms with van der Waals surface area (Å²) in [6.45, 7) is 6.41. The number of hydrogen-bond donors (Lipinski definition) is 0. The molecule has 6 heteroatoms. The molecule has 0 bridgehead atoms. The van der Waals surface area contributed by atoms with Gasteiger partial charge in [0.05, 0.1) is 0 Å². The summed E-state index contributed by atoms with van der Waals surface area (Å²) in [5.74, 6) is -0.938. The lowest BCUT2D eigenvalue weighted by Gasteiger charge is -2.18. The largest absolute Gasteiger partial charge is 0.462 e. The molecule has 0 aromatic rings. The van der Waals surface area contributed by atoms with E-state index in [-0.39, 0.29) is 31.1 Å². The van der Waals surface area contributed by atoms with Gasteiger partial charge in [-0.1, -0.05) is 309 Å². The monoisotopic (exact) mass is 1120 g/mol. The highest BCUT2D eigenvalue weighted by molar-refractivity contribution is 5.71. The van der Waals surface area contributed by atoms with E-state index in [1.165, 1.54) is 148 Å². The molecule has 0 rings (SSSR count). The smallest absolute Gasteiger partial charge is 0.306 e. The molecule has 0 heterocycles. The van der Waals surface area contributed by atoms with E-state index in [4.69, 9.17) is 14.2 Å². The molecule has 0 aromatic carbocycles. The third kappa shape index (κ3) is 66.5. The third-order valence-electron chi connectivity index (χ3n) is 14.5. The second kappa shape index (κ2) is 68.3. The van der Waals surface area contributed by atoms with Gasteiger partial charge in [0.25, 0.3) is 0 Å².